The van der Waals surface area contributed by atoms with Gasteiger partial charge in [0.15, 0.2) is 0 Å². The molecule has 0 spiro atoms. The van der Waals surface area contributed by atoms with E-state index in [1.807, 2.05) is 43.0 Å². The second-order valence-electron chi connectivity index (χ2n) is 9.29. The summed E-state index contributed by atoms with van der Waals surface area (Å²) < 4.78 is 61.3. The van der Waals surface area contributed by atoms with Gasteiger partial charge in [-0.25, -0.2) is 9.38 Å². The third-order valence-electron chi connectivity index (χ3n) is 7.00. The van der Waals surface area contributed by atoms with E-state index in [4.69, 9.17) is 10.1 Å². The molecule has 5 rings (SSSR count). The van der Waals surface area contributed by atoms with Crippen LogP contribution in [0.5, 0.6) is 11.5 Å². The van der Waals surface area contributed by atoms with Crippen molar-refractivity contribution in [3.63, 3.8) is 0 Å². The largest absolute Gasteiger partial charge is 0.506 e. The van der Waals surface area contributed by atoms with Crippen LogP contribution in [-0.4, -0.2) is 55.5 Å². The number of halogens is 4. The zero-order chi connectivity index (χ0) is 29.7. The maximum Gasteiger partial charge on any atom is 0.416 e. The van der Waals surface area contributed by atoms with E-state index in [-0.39, 0.29) is 29.5 Å². The molecule has 2 aliphatic heterocycles. The third kappa shape index (κ3) is 6.08. The number of benzene rings is 3. The summed E-state index contributed by atoms with van der Waals surface area (Å²) in [7, 11) is 1.59. The Hall–Kier alpha value is -4.28. The predicted molar refractivity (Wildman–Crippen MR) is 153 cm³/mol. The number of fused-ring (bicyclic) bond motifs is 1. The number of hydrogen-bond donors (Lipinski definition) is 2. The number of piperazine rings is 1. The van der Waals surface area contributed by atoms with Crippen LogP contribution in [0.2, 0.25) is 0 Å². The molecule has 1 atom stereocenters. The van der Waals surface area contributed by atoms with Crippen molar-refractivity contribution in [2.24, 2.45) is 4.99 Å². The van der Waals surface area contributed by atoms with Crippen LogP contribution in [0, 0.1) is 11.2 Å². The number of anilines is 2. The number of aliphatic imine (C=N–C) groups is 1. The Kier molecular flexibility index (Phi) is 9.05. The summed E-state index contributed by atoms with van der Waals surface area (Å²) in [6.07, 6.45) is -3.45. The van der Waals surface area contributed by atoms with Crippen LogP contribution in [0.25, 0.3) is 0 Å². The van der Waals surface area contributed by atoms with E-state index in [0.717, 1.165) is 35.9 Å². The van der Waals surface area contributed by atoms with Gasteiger partial charge in [-0.3, -0.25) is 0 Å². The second kappa shape index (κ2) is 12.5. The molecule has 2 aliphatic rings. The minimum Gasteiger partial charge on any atom is -0.506 e. The summed E-state index contributed by atoms with van der Waals surface area (Å²) in [5.74, 6) is 0.00202. The summed E-state index contributed by atoms with van der Waals surface area (Å²) >= 11 is 0. The Balaban J connectivity index is 0.00000189. The number of rotatable bonds is 5. The maximum absolute atomic E-state index is 15.0. The smallest absolute Gasteiger partial charge is 0.416 e. The van der Waals surface area contributed by atoms with E-state index in [1.54, 1.807) is 13.2 Å². The summed E-state index contributed by atoms with van der Waals surface area (Å²) in [6.45, 7) is 6.00. The lowest BCUT2D eigenvalue weighted by Gasteiger charge is -2.45. The molecular weight excluding hydrogens is 538 g/mol. The molecule has 3 aromatic carbocycles. The standard InChI is InChI=1S/C28H27F4N5O2.C2H6/c1-39-20-5-2-4-19(17-20)35-12-14-36(15-13-35)27-34-26-21(6-3-7-22(26)29)23(10-11-33)37(27)24-16-18(28(30,31)32)8-9-25(24)38;1-2/h2-9,11,16-17,23,33,38H,10,12-15H2,1H3;1-2H3. The molecule has 1 fully saturated rings. The van der Waals surface area contributed by atoms with Crippen molar-refractivity contribution in [1.29, 1.82) is 5.41 Å². The maximum atomic E-state index is 15.0. The van der Waals surface area contributed by atoms with Crippen molar-refractivity contribution in [2.75, 3.05) is 43.1 Å². The Bertz CT molecular complexity index is 1400. The Labute approximate surface area is 236 Å². The zero-order valence-corrected chi connectivity index (χ0v) is 23.1. The van der Waals surface area contributed by atoms with Crippen LogP contribution < -0.4 is 14.5 Å². The molecule has 7 nitrogen and oxygen atoms in total. The number of phenolic OH excluding ortho intramolecular Hbond substituents is 1. The number of nitrogens with zero attached hydrogens (tertiary/aromatic N) is 4. The van der Waals surface area contributed by atoms with Crippen molar-refractivity contribution in [3.8, 4) is 11.5 Å². The van der Waals surface area contributed by atoms with E-state index < -0.39 is 23.6 Å². The van der Waals surface area contributed by atoms with Crippen LogP contribution in [0.15, 0.2) is 65.7 Å². The van der Waals surface area contributed by atoms with Crippen molar-refractivity contribution in [1.82, 2.24) is 4.90 Å². The quantitative estimate of drug-likeness (QED) is 0.255. The normalized spacial score (nSPS) is 16.8. The number of nitrogens with one attached hydrogen (secondary N) is 1. The second-order valence-corrected chi connectivity index (χ2v) is 9.29. The van der Waals surface area contributed by atoms with E-state index in [0.29, 0.717) is 31.7 Å². The summed E-state index contributed by atoms with van der Waals surface area (Å²) in [5, 5.41) is 18.6. The van der Waals surface area contributed by atoms with Gasteiger partial charge < -0.3 is 30.0 Å². The first-order valence-corrected chi connectivity index (χ1v) is 13.4. The molecule has 0 saturated carbocycles. The number of para-hydroxylation sites is 1. The molecule has 0 amide bonds. The van der Waals surface area contributed by atoms with Crippen LogP contribution in [-0.2, 0) is 6.18 Å². The average molecular weight is 572 g/mol. The van der Waals surface area contributed by atoms with Crippen molar-refractivity contribution < 1.29 is 27.4 Å². The number of ether oxygens (including phenoxy) is 1. The van der Waals surface area contributed by atoms with Gasteiger partial charge in [0, 0.05) is 49.9 Å². The minimum atomic E-state index is -4.64. The molecule has 41 heavy (non-hydrogen) atoms. The fourth-order valence-electron chi connectivity index (χ4n) is 5.06. The van der Waals surface area contributed by atoms with Gasteiger partial charge in [0.1, 0.15) is 23.0 Å². The molecular formula is C30H33F4N5O2. The number of guanidine groups is 1. The van der Waals surface area contributed by atoms with Crippen molar-refractivity contribution >= 4 is 29.2 Å². The van der Waals surface area contributed by atoms with Gasteiger partial charge in [-0.15, -0.1) is 0 Å². The summed E-state index contributed by atoms with van der Waals surface area (Å²) in [6, 6.07) is 14.0. The van der Waals surface area contributed by atoms with Gasteiger partial charge in [-0.2, -0.15) is 13.2 Å². The molecule has 0 radical (unpaired) electrons. The van der Waals surface area contributed by atoms with Gasteiger partial charge in [0.2, 0.25) is 5.96 Å². The fraction of sp³-hybridized carbons (Fsp3) is 0.333. The highest BCUT2D eigenvalue weighted by molar-refractivity contribution is 6.02. The number of aromatic hydroxyl groups is 1. The van der Waals surface area contributed by atoms with Crippen LogP contribution in [0.3, 0.4) is 0 Å². The lowest BCUT2D eigenvalue weighted by molar-refractivity contribution is -0.137. The first kappa shape index (κ1) is 29.7. The van der Waals surface area contributed by atoms with E-state index >= 15 is 0 Å². The third-order valence-corrected chi connectivity index (χ3v) is 7.00. The molecule has 1 unspecified atom stereocenters. The number of phenols is 1. The zero-order valence-electron chi connectivity index (χ0n) is 23.1. The number of alkyl halides is 3. The topological polar surface area (TPSA) is 75.4 Å². The molecule has 1 saturated heterocycles. The SMILES string of the molecule is CC.COc1cccc(N2CCN(C3=Nc4c(F)cccc4C(CC=N)N3c3cc(C(F)(F)F)ccc3O)CC2)c1. The molecule has 0 bridgehead atoms. The van der Waals surface area contributed by atoms with Crippen molar-refractivity contribution in [2.45, 2.75) is 32.5 Å². The van der Waals surface area contributed by atoms with E-state index in [2.05, 4.69) is 9.89 Å². The lowest BCUT2D eigenvalue weighted by Crippen LogP contribution is -2.55. The van der Waals surface area contributed by atoms with E-state index in [1.165, 1.54) is 17.0 Å². The first-order chi connectivity index (χ1) is 19.7. The molecule has 0 aliphatic carbocycles. The average Bonchev–Trinajstić information content (AvgIpc) is 2.98. The van der Waals surface area contributed by atoms with Gasteiger partial charge in [0.25, 0.3) is 0 Å². The highest BCUT2D eigenvalue weighted by Crippen LogP contribution is 2.45. The van der Waals surface area contributed by atoms with Crippen molar-refractivity contribution in [3.05, 3.63) is 77.6 Å². The van der Waals surface area contributed by atoms with Gasteiger partial charge in [0.05, 0.1) is 24.4 Å². The molecule has 0 aromatic heterocycles. The Morgan fingerprint density at radius 3 is 2.34 bits per heavy atom. The first-order valence-electron chi connectivity index (χ1n) is 13.4. The minimum absolute atomic E-state index is 0.0644. The van der Waals surface area contributed by atoms with Crippen LogP contribution in [0.4, 0.5) is 34.6 Å². The van der Waals surface area contributed by atoms with Gasteiger partial charge >= 0.3 is 6.18 Å². The van der Waals surface area contributed by atoms with Crippen LogP contribution in [0.1, 0.15) is 37.4 Å². The molecule has 218 valence electrons. The fourth-order valence-corrected chi connectivity index (χ4v) is 5.06. The lowest BCUT2D eigenvalue weighted by atomic mass is 9.97. The Morgan fingerprint density at radius 1 is 1.00 bits per heavy atom. The molecule has 3 aromatic rings. The summed E-state index contributed by atoms with van der Waals surface area (Å²) in [5.41, 5.74) is 0.424. The molecule has 2 N–H and O–H groups in total. The predicted octanol–water partition coefficient (Wildman–Crippen LogP) is 7.00. The monoisotopic (exact) mass is 571 g/mol. The van der Waals surface area contributed by atoms with E-state index in [9.17, 15) is 22.7 Å². The van der Waals surface area contributed by atoms with Gasteiger partial charge in [-0.05, 0) is 42.6 Å². The van der Waals surface area contributed by atoms with Gasteiger partial charge in [-0.1, -0.05) is 32.0 Å². The highest BCUT2D eigenvalue weighted by atomic mass is 19.4. The summed E-state index contributed by atoms with van der Waals surface area (Å²) in [4.78, 5) is 10.1. The molecule has 11 heteroatoms. The highest BCUT2D eigenvalue weighted by Gasteiger charge is 2.39. The molecule has 2 heterocycles. The number of methoxy groups -OCH3 is 1. The number of hydrogen-bond acceptors (Lipinski definition) is 7. The Morgan fingerprint density at radius 2 is 1.68 bits per heavy atom. The van der Waals surface area contributed by atoms with Crippen LogP contribution >= 0.6 is 0 Å².